The molecule has 4 rings (SSSR count). The van der Waals surface area contributed by atoms with E-state index in [0.29, 0.717) is 29.6 Å². The second-order valence-electron chi connectivity index (χ2n) is 8.00. The lowest BCUT2D eigenvalue weighted by Crippen LogP contribution is -2.35. The van der Waals surface area contributed by atoms with Gasteiger partial charge in [0.25, 0.3) is 0 Å². The molecule has 1 fully saturated rings. The normalized spacial score (nSPS) is 14.2. The van der Waals surface area contributed by atoms with E-state index in [1.807, 2.05) is 12.1 Å². The third-order valence-corrected chi connectivity index (χ3v) is 5.80. The summed E-state index contributed by atoms with van der Waals surface area (Å²) in [6.07, 6.45) is 4.87. The molecule has 1 aromatic heterocycles. The van der Waals surface area contributed by atoms with Crippen molar-refractivity contribution in [1.82, 2.24) is 9.97 Å². The van der Waals surface area contributed by atoms with Crippen LogP contribution in [0.4, 0.5) is 23.0 Å². The molecule has 166 valence electrons. The summed E-state index contributed by atoms with van der Waals surface area (Å²) >= 11 is 0. The van der Waals surface area contributed by atoms with Gasteiger partial charge >= 0.3 is 5.97 Å². The van der Waals surface area contributed by atoms with E-state index in [1.54, 1.807) is 19.1 Å². The van der Waals surface area contributed by atoms with Crippen molar-refractivity contribution in [2.75, 3.05) is 35.6 Å². The van der Waals surface area contributed by atoms with Crippen molar-refractivity contribution in [2.24, 2.45) is 5.92 Å². The highest BCUT2D eigenvalue weighted by molar-refractivity contribution is 5.90. The molecule has 2 heterocycles. The van der Waals surface area contributed by atoms with Crippen LogP contribution in [0.15, 0.2) is 60.9 Å². The summed E-state index contributed by atoms with van der Waals surface area (Å²) < 4.78 is 5.02. The molecular weight excluding hydrogens is 402 g/mol. The number of hydrogen-bond acceptors (Lipinski definition) is 7. The van der Waals surface area contributed by atoms with Crippen LogP contribution in [0.5, 0.6) is 0 Å². The minimum absolute atomic E-state index is 0.335. The SMILES string of the molecule is CCOC(=O)c1ccc(Nc2ncnc(N3CCC(Cc4ccccc4)CC3)c2N)cc1. The van der Waals surface area contributed by atoms with Gasteiger partial charge in [0.15, 0.2) is 11.6 Å². The third kappa shape index (κ3) is 5.17. The number of rotatable bonds is 7. The first-order valence-corrected chi connectivity index (χ1v) is 11.1. The van der Waals surface area contributed by atoms with E-state index in [-0.39, 0.29) is 5.97 Å². The number of hydrogen-bond donors (Lipinski definition) is 2. The first-order valence-electron chi connectivity index (χ1n) is 11.1. The number of nitrogens with two attached hydrogens (primary N) is 1. The molecular formula is C25H29N5O2. The van der Waals surface area contributed by atoms with Crippen molar-refractivity contribution < 1.29 is 9.53 Å². The van der Waals surface area contributed by atoms with Gasteiger partial charge in [0.2, 0.25) is 0 Å². The van der Waals surface area contributed by atoms with Crippen molar-refractivity contribution >= 4 is 29.0 Å². The topological polar surface area (TPSA) is 93.4 Å². The molecule has 0 atom stereocenters. The molecule has 2 aromatic carbocycles. The van der Waals surface area contributed by atoms with Crippen molar-refractivity contribution in [2.45, 2.75) is 26.2 Å². The Morgan fingerprint density at radius 1 is 1.09 bits per heavy atom. The lowest BCUT2D eigenvalue weighted by molar-refractivity contribution is 0.0526. The number of anilines is 4. The number of nitrogens with one attached hydrogen (secondary N) is 1. The maximum Gasteiger partial charge on any atom is 0.338 e. The predicted molar refractivity (Wildman–Crippen MR) is 127 cm³/mol. The standard InChI is InChI=1S/C25H29N5O2/c1-2-32-25(31)20-8-10-21(11-9-20)29-23-22(26)24(28-17-27-23)30-14-12-19(13-15-30)16-18-6-4-3-5-7-18/h3-11,17,19H,2,12-16,26H2,1H3,(H,27,28,29). The summed E-state index contributed by atoms with van der Waals surface area (Å²) in [6, 6.07) is 17.7. The van der Waals surface area contributed by atoms with Gasteiger partial charge in [-0.25, -0.2) is 14.8 Å². The summed E-state index contributed by atoms with van der Waals surface area (Å²) in [4.78, 5) is 22.8. The highest BCUT2D eigenvalue weighted by Crippen LogP contribution is 2.32. The minimum Gasteiger partial charge on any atom is -0.462 e. The van der Waals surface area contributed by atoms with Crippen LogP contribution >= 0.6 is 0 Å². The number of nitrogens with zero attached hydrogens (tertiary/aromatic N) is 3. The number of benzene rings is 2. The fourth-order valence-electron chi connectivity index (χ4n) is 4.07. The van der Waals surface area contributed by atoms with Crippen molar-refractivity contribution in [3.8, 4) is 0 Å². The van der Waals surface area contributed by atoms with E-state index in [4.69, 9.17) is 10.5 Å². The molecule has 3 N–H and O–H groups in total. The Hall–Kier alpha value is -3.61. The summed E-state index contributed by atoms with van der Waals surface area (Å²) in [7, 11) is 0. The van der Waals surface area contributed by atoms with E-state index >= 15 is 0 Å². The molecule has 1 saturated heterocycles. The van der Waals surface area contributed by atoms with Crippen LogP contribution in [-0.4, -0.2) is 35.6 Å². The summed E-state index contributed by atoms with van der Waals surface area (Å²) in [5.41, 5.74) is 9.66. The minimum atomic E-state index is -0.335. The third-order valence-electron chi connectivity index (χ3n) is 5.80. The van der Waals surface area contributed by atoms with Gasteiger partial charge in [0.05, 0.1) is 12.2 Å². The van der Waals surface area contributed by atoms with Gasteiger partial charge in [-0.2, -0.15) is 0 Å². The van der Waals surface area contributed by atoms with Crippen LogP contribution in [0.3, 0.4) is 0 Å². The van der Waals surface area contributed by atoms with Gasteiger partial charge in [-0.1, -0.05) is 30.3 Å². The Morgan fingerprint density at radius 2 is 1.81 bits per heavy atom. The van der Waals surface area contributed by atoms with Crippen molar-refractivity contribution in [3.63, 3.8) is 0 Å². The Labute approximate surface area is 188 Å². The molecule has 0 unspecified atom stereocenters. The lowest BCUT2D eigenvalue weighted by atomic mass is 9.90. The lowest BCUT2D eigenvalue weighted by Gasteiger charge is -2.33. The largest absolute Gasteiger partial charge is 0.462 e. The van der Waals surface area contributed by atoms with Crippen molar-refractivity contribution in [1.29, 1.82) is 0 Å². The quantitative estimate of drug-likeness (QED) is 0.534. The van der Waals surface area contributed by atoms with Gasteiger partial charge in [-0.05, 0) is 61.9 Å². The first kappa shape index (κ1) is 21.6. The van der Waals surface area contributed by atoms with Gasteiger partial charge in [0.1, 0.15) is 12.0 Å². The van der Waals surface area contributed by atoms with Gasteiger partial charge < -0.3 is 20.7 Å². The van der Waals surface area contributed by atoms with Gasteiger partial charge in [-0.15, -0.1) is 0 Å². The Morgan fingerprint density at radius 3 is 2.50 bits per heavy atom. The number of carbonyl (C=O) groups excluding carboxylic acids is 1. The molecule has 0 amide bonds. The molecule has 0 aliphatic carbocycles. The Balaban J connectivity index is 1.39. The molecule has 32 heavy (non-hydrogen) atoms. The molecule has 3 aromatic rings. The highest BCUT2D eigenvalue weighted by Gasteiger charge is 2.23. The number of piperidine rings is 1. The average molecular weight is 432 g/mol. The van der Waals surface area contributed by atoms with Gasteiger partial charge in [-0.3, -0.25) is 0 Å². The van der Waals surface area contributed by atoms with Crippen molar-refractivity contribution in [3.05, 3.63) is 72.1 Å². The molecule has 0 saturated carbocycles. The number of carbonyl (C=O) groups is 1. The van der Waals surface area contributed by atoms with Crippen LogP contribution in [0.25, 0.3) is 0 Å². The maximum atomic E-state index is 11.8. The molecule has 1 aliphatic heterocycles. The molecule has 1 aliphatic rings. The summed E-state index contributed by atoms with van der Waals surface area (Å²) in [5.74, 6) is 1.67. The molecule has 0 bridgehead atoms. The number of esters is 1. The number of aromatic nitrogens is 2. The fourth-order valence-corrected chi connectivity index (χ4v) is 4.07. The highest BCUT2D eigenvalue weighted by atomic mass is 16.5. The zero-order chi connectivity index (χ0) is 22.3. The average Bonchev–Trinajstić information content (AvgIpc) is 2.82. The smallest absolute Gasteiger partial charge is 0.338 e. The second-order valence-corrected chi connectivity index (χ2v) is 8.00. The molecule has 0 radical (unpaired) electrons. The Bertz CT molecular complexity index is 1030. The molecule has 7 nitrogen and oxygen atoms in total. The van der Waals surface area contributed by atoms with E-state index in [9.17, 15) is 4.79 Å². The summed E-state index contributed by atoms with van der Waals surface area (Å²) in [6.45, 7) is 3.98. The number of ether oxygens (including phenoxy) is 1. The first-order chi connectivity index (χ1) is 15.6. The van der Waals surface area contributed by atoms with Crippen LogP contribution < -0.4 is 16.0 Å². The monoisotopic (exact) mass is 431 g/mol. The Kier molecular flexibility index (Phi) is 6.84. The molecule has 7 heteroatoms. The fraction of sp³-hybridized carbons (Fsp3) is 0.320. The zero-order valence-corrected chi connectivity index (χ0v) is 18.3. The number of nitrogen functional groups attached to an aromatic ring is 1. The van der Waals surface area contributed by atoms with E-state index in [0.717, 1.165) is 43.9 Å². The second kappa shape index (κ2) is 10.1. The van der Waals surface area contributed by atoms with E-state index < -0.39 is 0 Å². The van der Waals surface area contributed by atoms with E-state index in [1.165, 1.54) is 11.9 Å². The maximum absolute atomic E-state index is 11.8. The van der Waals surface area contributed by atoms with Crippen LogP contribution in [-0.2, 0) is 11.2 Å². The molecule has 0 spiro atoms. The van der Waals surface area contributed by atoms with E-state index in [2.05, 4.69) is 50.5 Å². The van der Waals surface area contributed by atoms with Crippen LogP contribution in [0.2, 0.25) is 0 Å². The van der Waals surface area contributed by atoms with Crippen LogP contribution in [0.1, 0.15) is 35.7 Å². The predicted octanol–water partition coefficient (Wildman–Crippen LogP) is 4.44. The van der Waals surface area contributed by atoms with Crippen LogP contribution in [0, 0.1) is 5.92 Å². The van der Waals surface area contributed by atoms with Gasteiger partial charge in [0, 0.05) is 18.8 Å². The summed E-state index contributed by atoms with van der Waals surface area (Å²) in [5, 5.41) is 3.24. The zero-order valence-electron chi connectivity index (χ0n) is 18.3.